The second kappa shape index (κ2) is 12.7. The first kappa shape index (κ1) is 29.3. The first-order valence-electron chi connectivity index (χ1n) is 12.7. The normalized spacial score (nSPS) is 21.1. The predicted molar refractivity (Wildman–Crippen MR) is 130 cm³/mol. The zero-order chi connectivity index (χ0) is 28.0. The van der Waals surface area contributed by atoms with Crippen LogP contribution in [0.2, 0.25) is 0 Å². The van der Waals surface area contributed by atoms with Crippen molar-refractivity contribution in [2.75, 3.05) is 45.9 Å². The van der Waals surface area contributed by atoms with Gasteiger partial charge in [-0.2, -0.15) is 26.3 Å². The average molecular weight is 559 g/mol. The Bertz CT molecular complexity index is 1120. The van der Waals surface area contributed by atoms with Gasteiger partial charge in [-0.1, -0.05) is 24.0 Å². The molecule has 4 nitrogen and oxygen atoms in total. The topological polar surface area (TPSA) is 24.9 Å². The molecule has 2 atom stereocenters. The van der Waals surface area contributed by atoms with Crippen LogP contribution < -0.4 is 0 Å². The average Bonchev–Trinajstić information content (AvgIpc) is 3.40. The smallest absolute Gasteiger partial charge is 0.350 e. The summed E-state index contributed by atoms with van der Waals surface area (Å²) in [6.07, 6.45) is -8.60. The summed E-state index contributed by atoms with van der Waals surface area (Å²) in [5, 5.41) is 0. The number of nitrogens with zero attached hydrogens (tertiary/aromatic N) is 2. The van der Waals surface area contributed by atoms with E-state index in [1.54, 1.807) is 12.1 Å². The third-order valence-electron chi connectivity index (χ3n) is 6.75. The fraction of sp³-hybridized carbons (Fsp3) is 0.500. The Morgan fingerprint density at radius 3 is 2.08 bits per heavy atom. The van der Waals surface area contributed by atoms with E-state index in [4.69, 9.17) is 9.47 Å². The Hall–Kier alpha value is -2.65. The minimum absolute atomic E-state index is 0.0990. The Morgan fingerprint density at radius 2 is 1.46 bits per heavy atom. The molecule has 2 aliphatic rings. The van der Waals surface area contributed by atoms with Crippen molar-refractivity contribution in [1.29, 1.82) is 0 Å². The van der Waals surface area contributed by atoms with Crippen molar-refractivity contribution in [3.63, 3.8) is 0 Å². The largest absolute Gasteiger partial charge is 0.416 e. The van der Waals surface area contributed by atoms with Gasteiger partial charge >= 0.3 is 12.4 Å². The molecule has 2 aromatic carbocycles. The van der Waals surface area contributed by atoms with Gasteiger partial charge in [-0.15, -0.1) is 0 Å². The summed E-state index contributed by atoms with van der Waals surface area (Å²) < 4.78 is 105. The van der Waals surface area contributed by atoms with Crippen LogP contribution in [-0.2, 0) is 28.2 Å². The highest BCUT2D eigenvalue weighted by Gasteiger charge is 2.37. The summed E-state index contributed by atoms with van der Waals surface area (Å²) in [4.78, 5) is 4.29. The molecular weight excluding hydrogens is 529 g/mol. The lowest BCUT2D eigenvalue weighted by Crippen LogP contribution is -2.46. The lowest BCUT2D eigenvalue weighted by molar-refractivity contribution is -0.208. The molecule has 0 N–H and O–H groups in total. The lowest BCUT2D eigenvalue weighted by atomic mass is 10.0. The van der Waals surface area contributed by atoms with Gasteiger partial charge in [0, 0.05) is 6.54 Å². The number of halogens is 7. The molecule has 0 amide bonds. The van der Waals surface area contributed by atoms with Crippen molar-refractivity contribution in [3.8, 4) is 11.8 Å². The standard InChI is InChI=1S/C28H29F7N2O2/c29-24-7-5-21(6-8-24)25-26(39-16-14-37(25)13-4-3-12-36-10-1-2-11-36)38-15-9-20-17-22(27(30,31)32)19-23(18-20)28(33,34)35/h5-8,17-19,25-26H,1-2,9-16H2. The van der Waals surface area contributed by atoms with E-state index in [1.165, 1.54) is 12.1 Å². The third kappa shape index (κ3) is 8.18. The summed E-state index contributed by atoms with van der Waals surface area (Å²) in [6, 6.07) is 6.80. The molecule has 2 aromatic rings. The number of hydrogen-bond acceptors (Lipinski definition) is 4. The van der Waals surface area contributed by atoms with Crippen LogP contribution in [0.5, 0.6) is 0 Å². The number of alkyl halides is 6. The molecule has 11 heteroatoms. The van der Waals surface area contributed by atoms with Crippen LogP contribution in [0.25, 0.3) is 0 Å². The Morgan fingerprint density at radius 1 is 0.846 bits per heavy atom. The molecule has 4 rings (SSSR count). The molecule has 2 saturated heterocycles. The molecule has 2 aliphatic heterocycles. The summed E-state index contributed by atoms with van der Waals surface area (Å²) in [5.41, 5.74) is -2.20. The van der Waals surface area contributed by atoms with Crippen molar-refractivity contribution in [1.82, 2.24) is 9.80 Å². The molecular formula is C28H29F7N2O2. The summed E-state index contributed by atoms with van der Waals surface area (Å²) >= 11 is 0. The zero-order valence-corrected chi connectivity index (χ0v) is 21.1. The van der Waals surface area contributed by atoms with Gasteiger partial charge in [0.2, 0.25) is 0 Å². The highest BCUT2D eigenvalue weighted by atomic mass is 19.4. The van der Waals surface area contributed by atoms with Gasteiger partial charge in [0.25, 0.3) is 0 Å². The van der Waals surface area contributed by atoms with Crippen LogP contribution in [0.15, 0.2) is 42.5 Å². The van der Waals surface area contributed by atoms with Gasteiger partial charge in [-0.05, 0) is 73.8 Å². The predicted octanol–water partition coefficient (Wildman–Crippen LogP) is 5.92. The minimum Gasteiger partial charge on any atom is -0.350 e. The number of hydrogen-bond donors (Lipinski definition) is 0. The number of benzene rings is 2. The molecule has 0 radical (unpaired) electrons. The van der Waals surface area contributed by atoms with E-state index in [1.807, 2.05) is 4.90 Å². The molecule has 0 aliphatic carbocycles. The molecule has 0 bridgehead atoms. The first-order chi connectivity index (χ1) is 18.5. The summed E-state index contributed by atoms with van der Waals surface area (Å²) in [6.45, 7) is 3.73. The molecule has 0 saturated carbocycles. The van der Waals surface area contributed by atoms with Gasteiger partial charge < -0.3 is 9.47 Å². The van der Waals surface area contributed by atoms with E-state index in [9.17, 15) is 30.7 Å². The molecule has 2 unspecified atom stereocenters. The summed E-state index contributed by atoms with van der Waals surface area (Å²) in [5.74, 6) is 5.93. The molecule has 2 heterocycles. The fourth-order valence-corrected chi connectivity index (χ4v) is 4.76. The molecule has 0 spiro atoms. The second-order valence-corrected chi connectivity index (χ2v) is 9.58. The maximum Gasteiger partial charge on any atom is 0.416 e. The Balaban J connectivity index is 1.47. The van der Waals surface area contributed by atoms with Gasteiger partial charge in [-0.25, -0.2) is 4.39 Å². The van der Waals surface area contributed by atoms with Crippen molar-refractivity contribution < 1.29 is 40.2 Å². The molecule has 0 aromatic heterocycles. The maximum atomic E-state index is 13.6. The highest BCUT2D eigenvalue weighted by Crippen LogP contribution is 2.37. The third-order valence-corrected chi connectivity index (χ3v) is 6.75. The van der Waals surface area contributed by atoms with Gasteiger partial charge in [-0.3, -0.25) is 9.80 Å². The Labute approximate surface area is 222 Å². The van der Waals surface area contributed by atoms with E-state index in [-0.39, 0.29) is 31.3 Å². The van der Waals surface area contributed by atoms with E-state index in [0.29, 0.717) is 37.3 Å². The molecule has 2 fully saturated rings. The fourth-order valence-electron chi connectivity index (χ4n) is 4.76. The summed E-state index contributed by atoms with van der Waals surface area (Å²) in [7, 11) is 0. The van der Waals surface area contributed by atoms with E-state index in [2.05, 4.69) is 16.7 Å². The van der Waals surface area contributed by atoms with Crippen molar-refractivity contribution in [2.45, 2.75) is 43.9 Å². The van der Waals surface area contributed by atoms with Gasteiger partial charge in [0.15, 0.2) is 6.29 Å². The van der Waals surface area contributed by atoms with Gasteiger partial charge in [0.1, 0.15) is 5.82 Å². The number of morpholine rings is 1. The lowest BCUT2D eigenvalue weighted by Gasteiger charge is -2.40. The van der Waals surface area contributed by atoms with Crippen LogP contribution in [0.3, 0.4) is 0 Å². The number of ether oxygens (including phenoxy) is 2. The molecule has 212 valence electrons. The van der Waals surface area contributed by atoms with Gasteiger partial charge in [0.05, 0.1) is 43.5 Å². The van der Waals surface area contributed by atoms with Crippen molar-refractivity contribution >= 4 is 0 Å². The van der Waals surface area contributed by atoms with Crippen molar-refractivity contribution in [3.05, 3.63) is 70.5 Å². The maximum absolute atomic E-state index is 13.6. The van der Waals surface area contributed by atoms with E-state index >= 15 is 0 Å². The van der Waals surface area contributed by atoms with Crippen LogP contribution in [0, 0.1) is 17.7 Å². The van der Waals surface area contributed by atoms with E-state index < -0.39 is 41.6 Å². The Kier molecular flexibility index (Phi) is 9.54. The second-order valence-electron chi connectivity index (χ2n) is 9.58. The van der Waals surface area contributed by atoms with Crippen molar-refractivity contribution in [2.24, 2.45) is 0 Å². The van der Waals surface area contributed by atoms with Crippen LogP contribution in [0.4, 0.5) is 30.7 Å². The highest BCUT2D eigenvalue weighted by molar-refractivity contribution is 5.33. The SMILES string of the molecule is Fc1ccc(C2C(OCCc3cc(C(F)(F)F)cc(C(F)(F)F)c3)OCCN2CC#CCN2CCCC2)cc1. The minimum atomic E-state index is -4.92. The number of rotatable bonds is 7. The monoisotopic (exact) mass is 558 g/mol. The first-order valence-corrected chi connectivity index (χ1v) is 12.7. The van der Waals surface area contributed by atoms with E-state index in [0.717, 1.165) is 25.9 Å². The van der Waals surface area contributed by atoms with Crippen LogP contribution in [-0.4, -0.2) is 62.0 Å². The molecule has 39 heavy (non-hydrogen) atoms. The quantitative estimate of drug-likeness (QED) is 0.311. The van der Waals surface area contributed by atoms with Crippen LogP contribution >= 0.6 is 0 Å². The van der Waals surface area contributed by atoms with Crippen LogP contribution in [0.1, 0.15) is 41.1 Å². The number of likely N-dealkylation sites (tertiary alicyclic amines) is 1. The zero-order valence-electron chi connectivity index (χ0n) is 21.1.